The molecule has 0 aliphatic carbocycles. The van der Waals surface area contributed by atoms with Crippen molar-refractivity contribution in [3.8, 4) is 0 Å². The van der Waals surface area contributed by atoms with Crippen LogP contribution < -0.4 is 10.2 Å². The molecule has 2 heterocycles. The van der Waals surface area contributed by atoms with E-state index >= 15 is 0 Å². The standard InChI is InChI=1S/C14H25ClN5O2/c1-4-10(8-21)16-12-17-11(15)18-13(19-12)20-6-7-22-9-14(20,3)5-2/h10,15,21H,4-9H2,1-3H3,(H,16,17,18,19)/q+1/p+1. The minimum absolute atomic E-state index is 0.0291. The average Bonchev–Trinajstić information content (AvgIpc) is 2.52. The van der Waals surface area contributed by atoms with Crippen LogP contribution in [0.15, 0.2) is 0 Å². The van der Waals surface area contributed by atoms with Gasteiger partial charge in [0.1, 0.15) is 18.7 Å². The first-order valence-electron chi connectivity index (χ1n) is 7.77. The van der Waals surface area contributed by atoms with Gasteiger partial charge in [-0.25, -0.2) is 0 Å². The lowest BCUT2D eigenvalue weighted by Gasteiger charge is -2.38. The van der Waals surface area contributed by atoms with Gasteiger partial charge in [-0.3, -0.25) is 4.90 Å². The van der Waals surface area contributed by atoms with Crippen molar-refractivity contribution < 1.29 is 26.3 Å². The minimum atomic E-state index is -0.0816. The number of halogens is 1. The van der Waals surface area contributed by atoms with E-state index in [4.69, 9.17) is 16.3 Å². The lowest BCUT2D eigenvalue weighted by Crippen LogP contribution is -3.18. The van der Waals surface area contributed by atoms with Crippen LogP contribution in [0, 0.1) is 11.6 Å². The molecule has 0 radical (unpaired) electrons. The number of hydrogen-bond donors (Lipinski definition) is 3. The van der Waals surface area contributed by atoms with Crippen molar-refractivity contribution in [3.63, 3.8) is 0 Å². The summed E-state index contributed by atoms with van der Waals surface area (Å²) in [6, 6.07) is -0.0816. The van der Waals surface area contributed by atoms with E-state index in [1.54, 1.807) is 0 Å². The van der Waals surface area contributed by atoms with Crippen LogP contribution >= 0.6 is 0 Å². The van der Waals surface area contributed by atoms with Crippen LogP contribution in [0.5, 0.6) is 0 Å². The Morgan fingerprint density at radius 1 is 1.41 bits per heavy atom. The molecule has 0 saturated carbocycles. The second kappa shape index (κ2) is 7.50. The van der Waals surface area contributed by atoms with Crippen LogP contribution in [0.25, 0.3) is 0 Å². The zero-order valence-corrected chi connectivity index (χ0v) is 14.2. The highest BCUT2D eigenvalue weighted by Crippen LogP contribution is 2.13. The highest BCUT2D eigenvalue weighted by molar-refractivity contribution is 5.28. The molecular formula is C14H26ClN5O2+2. The molecule has 0 spiro atoms. The fourth-order valence-corrected chi connectivity index (χ4v) is 2.75. The van der Waals surface area contributed by atoms with Gasteiger partial charge in [0.25, 0.3) is 0 Å². The monoisotopic (exact) mass is 331 g/mol. The quantitative estimate of drug-likeness (QED) is 0.649. The topological polar surface area (TPSA) is 84.6 Å². The second-order valence-electron chi connectivity index (χ2n) is 5.89. The first kappa shape index (κ1) is 17.3. The maximum absolute atomic E-state index is 9.31. The fraction of sp³-hybridized carbons (Fsp3) is 0.786. The lowest BCUT2D eigenvalue weighted by molar-refractivity contribution is -0.903. The molecule has 3 unspecified atom stereocenters. The Balaban J connectivity index is 2.28. The van der Waals surface area contributed by atoms with E-state index in [1.807, 2.05) is 6.92 Å². The number of ether oxygens (including phenoxy) is 1. The van der Waals surface area contributed by atoms with Crippen molar-refractivity contribution in [2.45, 2.75) is 45.2 Å². The molecule has 0 aromatic carbocycles. The molecule has 124 valence electrons. The van der Waals surface area contributed by atoms with Crippen LogP contribution in [-0.4, -0.2) is 58.0 Å². The van der Waals surface area contributed by atoms with Gasteiger partial charge in [0.15, 0.2) is 11.6 Å². The van der Waals surface area contributed by atoms with Crippen molar-refractivity contribution >= 4 is 11.9 Å². The van der Waals surface area contributed by atoms with Crippen LogP contribution in [0.1, 0.15) is 33.6 Å². The molecule has 22 heavy (non-hydrogen) atoms. The highest BCUT2D eigenvalue weighted by Gasteiger charge is 2.41. The van der Waals surface area contributed by atoms with Gasteiger partial charge in [0.2, 0.25) is 5.95 Å². The molecule has 1 saturated heterocycles. The smallest absolute Gasteiger partial charge is 0.394 e. The Morgan fingerprint density at radius 3 is 2.82 bits per heavy atom. The number of rotatable bonds is 6. The van der Waals surface area contributed by atoms with Gasteiger partial charge in [-0.15, -0.1) is 15.0 Å². The summed E-state index contributed by atoms with van der Waals surface area (Å²) in [7, 11) is 0. The van der Waals surface area contributed by atoms with Crippen LogP contribution in [0.2, 0.25) is 5.28 Å². The van der Waals surface area contributed by atoms with Crippen molar-refractivity contribution in [2.24, 2.45) is 0 Å². The van der Waals surface area contributed by atoms with Crippen LogP contribution in [-0.2, 0) is 4.74 Å². The van der Waals surface area contributed by atoms with E-state index in [0.29, 0.717) is 25.1 Å². The number of aliphatic hydroxyl groups is 1. The molecule has 1 aromatic heterocycles. The predicted molar refractivity (Wildman–Crippen MR) is 80.2 cm³/mol. The normalized spacial score (nSPS) is 26.7. The van der Waals surface area contributed by atoms with Gasteiger partial charge >= 0.3 is 11.2 Å². The summed E-state index contributed by atoms with van der Waals surface area (Å²) in [6.45, 7) is 8.49. The molecule has 8 heteroatoms. The summed E-state index contributed by atoms with van der Waals surface area (Å²) in [4.78, 5) is 14.2. The Bertz CT molecular complexity index is 500. The van der Waals surface area contributed by atoms with E-state index in [9.17, 15) is 5.11 Å². The molecule has 1 aliphatic rings. The van der Waals surface area contributed by atoms with Crippen LogP contribution in [0.3, 0.4) is 0 Å². The van der Waals surface area contributed by atoms with Crippen molar-refractivity contribution in [2.75, 3.05) is 31.7 Å². The van der Waals surface area contributed by atoms with Gasteiger partial charge in [0, 0.05) is 6.42 Å². The molecule has 0 amide bonds. The summed E-state index contributed by atoms with van der Waals surface area (Å²) >= 11 is 5.18. The highest BCUT2D eigenvalue weighted by atomic mass is 35.5. The number of nitrogens with zero attached hydrogens (tertiary/aromatic N) is 3. The summed E-state index contributed by atoms with van der Waals surface area (Å²) in [6.07, 6.45) is 1.74. The van der Waals surface area contributed by atoms with E-state index in [-0.39, 0.29) is 23.5 Å². The van der Waals surface area contributed by atoms with Gasteiger partial charge in [-0.05, 0) is 13.3 Å². The maximum atomic E-state index is 9.31. The molecular weight excluding hydrogens is 306 g/mol. The molecule has 7 nitrogen and oxygen atoms in total. The third-order valence-corrected chi connectivity index (χ3v) is 4.54. The van der Waals surface area contributed by atoms with E-state index < -0.39 is 0 Å². The SMILES string of the molecule is CCC(CO)Nc1nc([ClH+])nc([NH+]2CCOCC2(C)CC)n1. The van der Waals surface area contributed by atoms with E-state index in [1.165, 1.54) is 4.90 Å². The molecule has 0 bridgehead atoms. The number of morpholine rings is 1. The molecule has 3 atom stereocenters. The summed E-state index contributed by atoms with van der Waals surface area (Å²) in [5.41, 5.74) is -0.0697. The zero-order chi connectivity index (χ0) is 16.2. The molecule has 3 N–H and O–H groups in total. The third kappa shape index (κ3) is 3.84. The Kier molecular flexibility index (Phi) is 5.91. The Morgan fingerprint density at radius 2 is 2.18 bits per heavy atom. The summed E-state index contributed by atoms with van der Waals surface area (Å²) in [5, 5.41) is 12.7. The Hall–Kier alpha value is -1.02. The maximum Gasteiger partial charge on any atom is 0.427 e. The van der Waals surface area contributed by atoms with Gasteiger partial charge < -0.3 is 15.2 Å². The third-order valence-electron chi connectivity index (χ3n) is 4.36. The van der Waals surface area contributed by atoms with Gasteiger partial charge in [0.05, 0.1) is 19.3 Å². The first-order valence-corrected chi connectivity index (χ1v) is 8.18. The van der Waals surface area contributed by atoms with Gasteiger partial charge in [-0.2, -0.15) is 0 Å². The molecule has 1 fully saturated rings. The fourth-order valence-electron chi connectivity index (χ4n) is 2.57. The number of hydrogen-bond acceptors (Lipinski definition) is 6. The summed E-state index contributed by atoms with van der Waals surface area (Å²) in [5.74, 6) is 1.09. The van der Waals surface area contributed by atoms with Crippen molar-refractivity contribution in [1.82, 2.24) is 15.0 Å². The Labute approximate surface area is 136 Å². The largest absolute Gasteiger partial charge is 0.427 e. The number of anilines is 1. The van der Waals surface area contributed by atoms with E-state index in [0.717, 1.165) is 19.4 Å². The van der Waals surface area contributed by atoms with Crippen molar-refractivity contribution in [1.29, 1.82) is 0 Å². The number of nitrogens with one attached hydrogen (secondary N) is 2. The van der Waals surface area contributed by atoms with Crippen molar-refractivity contribution in [3.05, 3.63) is 5.28 Å². The minimum Gasteiger partial charge on any atom is -0.394 e. The second-order valence-corrected chi connectivity index (χ2v) is 6.26. The first-order chi connectivity index (χ1) is 10.5. The van der Waals surface area contributed by atoms with Gasteiger partial charge in [-0.1, -0.05) is 13.8 Å². The molecule has 1 aromatic rings. The summed E-state index contributed by atoms with van der Waals surface area (Å²) < 4.78 is 5.62. The lowest BCUT2D eigenvalue weighted by atomic mass is 9.96. The molecule has 2 rings (SSSR count). The average molecular weight is 332 g/mol. The molecule has 1 aliphatic heterocycles. The number of quaternary nitrogens is 1. The number of aliphatic hydroxyl groups excluding tert-OH is 1. The predicted octanol–water partition coefficient (Wildman–Crippen LogP) is -0.534. The number of aromatic nitrogens is 3. The van der Waals surface area contributed by atoms with E-state index in [2.05, 4.69) is 34.1 Å². The van der Waals surface area contributed by atoms with Crippen LogP contribution in [0.4, 0.5) is 11.9 Å². The zero-order valence-electron chi connectivity index (χ0n) is 13.4.